The van der Waals surface area contributed by atoms with Gasteiger partial charge < -0.3 is 16.0 Å². The minimum Gasteiger partial charge on any atom is -0.355 e. The Kier molecular flexibility index (Phi) is 6.88. The van der Waals surface area contributed by atoms with Crippen LogP contribution >= 0.6 is 11.3 Å². The summed E-state index contributed by atoms with van der Waals surface area (Å²) in [6.07, 6.45) is 2.78. The number of hydrogen-bond donors (Lipinski definition) is 3. The summed E-state index contributed by atoms with van der Waals surface area (Å²) in [6.45, 7) is 5.56. The molecule has 19 heavy (non-hydrogen) atoms. The van der Waals surface area contributed by atoms with Crippen molar-refractivity contribution in [3.05, 3.63) is 16.1 Å². The highest BCUT2D eigenvalue weighted by atomic mass is 32.1. The van der Waals surface area contributed by atoms with E-state index in [1.165, 1.54) is 4.88 Å². The molecule has 1 amide bonds. The largest absolute Gasteiger partial charge is 0.355 e. The molecule has 0 unspecified atom stereocenters. The Bertz CT molecular complexity index is 430. The summed E-state index contributed by atoms with van der Waals surface area (Å²) in [7, 11) is 1.67. The van der Waals surface area contributed by atoms with E-state index in [-0.39, 0.29) is 12.5 Å². The topological polar surface area (TPSA) is 78.4 Å². The minimum absolute atomic E-state index is 0.0325. The van der Waals surface area contributed by atoms with Crippen LogP contribution in [0.15, 0.2) is 11.2 Å². The van der Waals surface area contributed by atoms with Gasteiger partial charge >= 0.3 is 0 Å². The zero-order chi connectivity index (χ0) is 14.1. The quantitative estimate of drug-likeness (QED) is 0.529. The van der Waals surface area contributed by atoms with E-state index in [0.29, 0.717) is 19.0 Å². The van der Waals surface area contributed by atoms with E-state index in [1.54, 1.807) is 18.4 Å². The maximum Gasteiger partial charge on any atom is 0.239 e. The molecule has 0 aliphatic rings. The zero-order valence-corrected chi connectivity index (χ0v) is 12.4. The van der Waals surface area contributed by atoms with Crippen LogP contribution < -0.4 is 16.0 Å². The first-order valence-corrected chi connectivity index (χ1v) is 7.10. The van der Waals surface area contributed by atoms with E-state index in [1.807, 2.05) is 20.0 Å². The maximum absolute atomic E-state index is 11.4. The number of rotatable bonds is 6. The van der Waals surface area contributed by atoms with Gasteiger partial charge in [-0.15, -0.1) is 11.3 Å². The summed E-state index contributed by atoms with van der Waals surface area (Å²) >= 11 is 1.64. The van der Waals surface area contributed by atoms with Crippen LogP contribution in [0, 0.1) is 6.92 Å². The van der Waals surface area contributed by atoms with Crippen molar-refractivity contribution in [3.63, 3.8) is 0 Å². The number of aromatic nitrogens is 1. The Balaban J connectivity index is 2.28. The average molecular weight is 283 g/mol. The van der Waals surface area contributed by atoms with Crippen LogP contribution in [0.3, 0.4) is 0 Å². The van der Waals surface area contributed by atoms with Gasteiger partial charge in [0.25, 0.3) is 0 Å². The number of amides is 1. The number of nitrogens with one attached hydrogen (secondary N) is 3. The van der Waals surface area contributed by atoms with Crippen molar-refractivity contribution in [1.29, 1.82) is 0 Å². The van der Waals surface area contributed by atoms with Crippen molar-refractivity contribution in [3.8, 4) is 0 Å². The van der Waals surface area contributed by atoms with Gasteiger partial charge in [0.1, 0.15) is 5.01 Å². The smallest absolute Gasteiger partial charge is 0.239 e. The molecule has 106 valence electrons. The van der Waals surface area contributed by atoms with E-state index >= 15 is 0 Å². The molecule has 1 aromatic heterocycles. The predicted octanol–water partition coefficient (Wildman–Crippen LogP) is 0.643. The van der Waals surface area contributed by atoms with Gasteiger partial charge in [-0.3, -0.25) is 9.79 Å². The maximum atomic E-state index is 11.4. The molecule has 0 spiro atoms. The normalized spacial score (nSPS) is 11.2. The second kappa shape index (κ2) is 8.47. The Labute approximate surface area is 117 Å². The molecule has 1 heterocycles. The third-order valence-corrected chi connectivity index (χ3v) is 3.20. The van der Waals surface area contributed by atoms with E-state index in [2.05, 4.69) is 25.9 Å². The number of carbonyl (C=O) groups is 1. The predicted molar refractivity (Wildman–Crippen MR) is 78.4 cm³/mol. The van der Waals surface area contributed by atoms with Gasteiger partial charge in [-0.2, -0.15) is 0 Å². The molecule has 0 saturated carbocycles. The fourth-order valence-corrected chi connectivity index (χ4v) is 2.08. The van der Waals surface area contributed by atoms with Gasteiger partial charge in [0.15, 0.2) is 5.96 Å². The van der Waals surface area contributed by atoms with Crippen LogP contribution in [0.25, 0.3) is 0 Å². The highest BCUT2D eigenvalue weighted by Gasteiger charge is 2.04. The summed E-state index contributed by atoms with van der Waals surface area (Å²) in [5.74, 6) is 0.564. The standard InChI is InChI=1S/C12H21N5OS/c1-4-5-14-10(18)7-16-12(13-3)17-8-11-15-6-9(2)19-11/h6H,4-5,7-8H2,1-3H3,(H,14,18)(H2,13,16,17). The minimum atomic E-state index is -0.0325. The molecule has 3 N–H and O–H groups in total. The lowest BCUT2D eigenvalue weighted by atomic mass is 10.4. The summed E-state index contributed by atoms with van der Waals surface area (Å²) in [6, 6.07) is 0. The molecule has 7 heteroatoms. The molecule has 0 atom stereocenters. The van der Waals surface area contributed by atoms with Crippen molar-refractivity contribution < 1.29 is 4.79 Å². The van der Waals surface area contributed by atoms with Crippen LogP contribution in [-0.2, 0) is 11.3 Å². The lowest BCUT2D eigenvalue weighted by molar-refractivity contribution is -0.120. The van der Waals surface area contributed by atoms with E-state index in [4.69, 9.17) is 0 Å². The molecular weight excluding hydrogens is 262 g/mol. The Morgan fingerprint density at radius 3 is 2.79 bits per heavy atom. The molecule has 0 bridgehead atoms. The van der Waals surface area contributed by atoms with Crippen molar-refractivity contribution in [1.82, 2.24) is 20.9 Å². The average Bonchev–Trinajstić information content (AvgIpc) is 2.82. The van der Waals surface area contributed by atoms with E-state index in [9.17, 15) is 4.79 Å². The molecule has 0 aromatic carbocycles. The van der Waals surface area contributed by atoms with Crippen LogP contribution in [0.5, 0.6) is 0 Å². The van der Waals surface area contributed by atoms with Crippen molar-refractivity contribution in [2.45, 2.75) is 26.8 Å². The van der Waals surface area contributed by atoms with Gasteiger partial charge in [-0.1, -0.05) is 6.92 Å². The monoisotopic (exact) mass is 283 g/mol. The second-order valence-electron chi connectivity index (χ2n) is 3.99. The Morgan fingerprint density at radius 1 is 1.42 bits per heavy atom. The Morgan fingerprint density at radius 2 is 2.21 bits per heavy atom. The molecule has 0 aliphatic carbocycles. The first kappa shape index (κ1) is 15.4. The molecule has 6 nitrogen and oxygen atoms in total. The summed E-state index contributed by atoms with van der Waals surface area (Å²) < 4.78 is 0. The lowest BCUT2D eigenvalue weighted by Crippen LogP contribution is -2.43. The second-order valence-corrected chi connectivity index (χ2v) is 5.31. The molecule has 0 fully saturated rings. The zero-order valence-electron chi connectivity index (χ0n) is 11.6. The molecule has 0 radical (unpaired) electrons. The molecule has 1 aromatic rings. The highest BCUT2D eigenvalue weighted by molar-refractivity contribution is 7.11. The SMILES string of the molecule is CCCNC(=O)CNC(=NC)NCc1ncc(C)s1. The van der Waals surface area contributed by atoms with Crippen LogP contribution in [0.4, 0.5) is 0 Å². The van der Waals surface area contributed by atoms with Crippen molar-refractivity contribution >= 4 is 23.2 Å². The number of nitrogens with zero attached hydrogens (tertiary/aromatic N) is 2. The van der Waals surface area contributed by atoms with E-state index < -0.39 is 0 Å². The van der Waals surface area contributed by atoms with Crippen molar-refractivity contribution in [2.75, 3.05) is 20.1 Å². The molecule has 1 rings (SSSR count). The van der Waals surface area contributed by atoms with Crippen LogP contribution in [0.2, 0.25) is 0 Å². The molecule has 0 saturated heterocycles. The van der Waals surface area contributed by atoms with Gasteiger partial charge in [0, 0.05) is 24.7 Å². The van der Waals surface area contributed by atoms with E-state index in [0.717, 1.165) is 11.4 Å². The fraction of sp³-hybridized carbons (Fsp3) is 0.583. The first-order chi connectivity index (χ1) is 9.15. The number of aliphatic imine (C=N–C) groups is 1. The van der Waals surface area contributed by atoms with Crippen LogP contribution in [0.1, 0.15) is 23.2 Å². The number of guanidine groups is 1. The van der Waals surface area contributed by atoms with Gasteiger partial charge in [-0.05, 0) is 13.3 Å². The fourth-order valence-electron chi connectivity index (χ4n) is 1.35. The number of aryl methyl sites for hydroxylation is 1. The third kappa shape index (κ3) is 6.19. The summed E-state index contributed by atoms with van der Waals surface area (Å²) in [5.41, 5.74) is 0. The molecule has 0 aliphatic heterocycles. The third-order valence-electron chi connectivity index (χ3n) is 2.29. The van der Waals surface area contributed by atoms with Gasteiger partial charge in [-0.25, -0.2) is 4.98 Å². The van der Waals surface area contributed by atoms with Gasteiger partial charge in [0.05, 0.1) is 13.1 Å². The van der Waals surface area contributed by atoms with Crippen molar-refractivity contribution in [2.24, 2.45) is 4.99 Å². The lowest BCUT2D eigenvalue weighted by Gasteiger charge is -2.10. The number of thiazole rings is 1. The first-order valence-electron chi connectivity index (χ1n) is 6.28. The summed E-state index contributed by atoms with van der Waals surface area (Å²) in [5, 5.41) is 9.87. The highest BCUT2D eigenvalue weighted by Crippen LogP contribution is 2.10. The molecular formula is C12H21N5OS. The Hall–Kier alpha value is -1.63. The summed E-state index contributed by atoms with van der Waals surface area (Å²) in [4.78, 5) is 20.9. The number of hydrogen-bond acceptors (Lipinski definition) is 4. The van der Waals surface area contributed by atoms with Crippen LogP contribution in [-0.4, -0.2) is 37.0 Å². The number of carbonyl (C=O) groups excluding carboxylic acids is 1. The van der Waals surface area contributed by atoms with Gasteiger partial charge in [0.2, 0.25) is 5.91 Å².